The Labute approximate surface area is 99.2 Å². The van der Waals surface area contributed by atoms with Crippen molar-refractivity contribution in [2.75, 3.05) is 5.73 Å². The Morgan fingerprint density at radius 2 is 1.56 bits per heavy atom. The summed E-state index contributed by atoms with van der Waals surface area (Å²) in [7, 11) is -4.20. The van der Waals surface area contributed by atoms with Gasteiger partial charge in [0, 0.05) is 16.5 Å². The minimum absolute atomic E-state index is 0. The summed E-state index contributed by atoms with van der Waals surface area (Å²) < 4.78 is 31.2. The SMILES string of the molecule is Cl.Nc1cccc2c(S(=O)(=O)O)cccc12. The smallest absolute Gasteiger partial charge is 0.295 e. The molecule has 0 unspecified atom stereocenters. The van der Waals surface area contributed by atoms with Gasteiger partial charge in [0.2, 0.25) is 0 Å². The molecule has 0 aliphatic rings. The summed E-state index contributed by atoms with van der Waals surface area (Å²) in [6.45, 7) is 0. The first-order valence-corrected chi connectivity index (χ1v) is 5.69. The van der Waals surface area contributed by atoms with Gasteiger partial charge in [0.05, 0.1) is 0 Å². The highest BCUT2D eigenvalue weighted by molar-refractivity contribution is 7.86. The number of rotatable bonds is 1. The van der Waals surface area contributed by atoms with Crippen LogP contribution in [0.25, 0.3) is 10.8 Å². The molecule has 4 nitrogen and oxygen atoms in total. The van der Waals surface area contributed by atoms with E-state index in [9.17, 15) is 8.42 Å². The molecular weight excluding hydrogens is 250 g/mol. The molecule has 0 aliphatic heterocycles. The van der Waals surface area contributed by atoms with Crippen molar-refractivity contribution >= 4 is 39.0 Å². The van der Waals surface area contributed by atoms with Crippen LogP contribution in [0.5, 0.6) is 0 Å². The van der Waals surface area contributed by atoms with Gasteiger partial charge in [-0.2, -0.15) is 8.42 Å². The van der Waals surface area contributed by atoms with Crippen LogP contribution in [-0.4, -0.2) is 13.0 Å². The lowest BCUT2D eigenvalue weighted by Gasteiger charge is -2.05. The fourth-order valence-corrected chi connectivity index (χ4v) is 2.24. The molecule has 3 N–H and O–H groups in total. The van der Waals surface area contributed by atoms with E-state index in [1.165, 1.54) is 6.07 Å². The monoisotopic (exact) mass is 259 g/mol. The number of nitrogen functional groups attached to an aromatic ring is 1. The van der Waals surface area contributed by atoms with Crippen LogP contribution in [-0.2, 0) is 10.1 Å². The number of anilines is 1. The molecule has 2 aromatic carbocycles. The van der Waals surface area contributed by atoms with Crippen LogP contribution < -0.4 is 5.73 Å². The van der Waals surface area contributed by atoms with Gasteiger partial charge in [-0.15, -0.1) is 12.4 Å². The largest absolute Gasteiger partial charge is 0.398 e. The molecule has 0 aliphatic carbocycles. The third-order valence-electron chi connectivity index (χ3n) is 2.19. The summed E-state index contributed by atoms with van der Waals surface area (Å²) in [6, 6.07) is 9.52. The van der Waals surface area contributed by atoms with E-state index in [4.69, 9.17) is 10.3 Å². The maximum absolute atomic E-state index is 11.1. The van der Waals surface area contributed by atoms with E-state index in [1.54, 1.807) is 30.3 Å². The molecule has 0 aromatic heterocycles. The highest BCUT2D eigenvalue weighted by Gasteiger charge is 2.13. The normalized spacial score (nSPS) is 11.1. The van der Waals surface area contributed by atoms with Crippen molar-refractivity contribution in [1.82, 2.24) is 0 Å². The van der Waals surface area contributed by atoms with Gasteiger partial charge < -0.3 is 5.73 Å². The molecule has 16 heavy (non-hydrogen) atoms. The van der Waals surface area contributed by atoms with Crippen LogP contribution in [0.4, 0.5) is 5.69 Å². The average Bonchev–Trinajstić information content (AvgIpc) is 2.16. The average molecular weight is 260 g/mol. The Kier molecular flexibility index (Phi) is 3.42. The van der Waals surface area contributed by atoms with Crippen molar-refractivity contribution in [3.63, 3.8) is 0 Å². The molecule has 6 heteroatoms. The summed E-state index contributed by atoms with van der Waals surface area (Å²) in [6.07, 6.45) is 0. The quantitative estimate of drug-likeness (QED) is 0.607. The van der Waals surface area contributed by atoms with Gasteiger partial charge in [-0.1, -0.05) is 24.3 Å². The first-order chi connectivity index (χ1) is 7.00. The zero-order valence-electron chi connectivity index (χ0n) is 8.12. The highest BCUT2D eigenvalue weighted by Crippen LogP contribution is 2.26. The molecule has 0 fully saturated rings. The first kappa shape index (κ1) is 12.8. The number of nitrogens with two attached hydrogens (primary N) is 1. The Morgan fingerprint density at radius 1 is 1.00 bits per heavy atom. The van der Waals surface area contributed by atoms with Crippen molar-refractivity contribution in [2.24, 2.45) is 0 Å². The molecule has 0 saturated carbocycles. The van der Waals surface area contributed by atoms with Gasteiger partial charge in [-0.3, -0.25) is 4.55 Å². The molecule has 0 atom stereocenters. The van der Waals surface area contributed by atoms with E-state index in [0.29, 0.717) is 16.5 Å². The van der Waals surface area contributed by atoms with Gasteiger partial charge in [-0.05, 0) is 12.1 Å². The van der Waals surface area contributed by atoms with Crippen LogP contribution in [0.1, 0.15) is 0 Å². The third kappa shape index (κ3) is 2.11. The van der Waals surface area contributed by atoms with Crippen LogP contribution in [0, 0.1) is 0 Å². The Balaban J connectivity index is 0.00000128. The van der Waals surface area contributed by atoms with E-state index < -0.39 is 10.1 Å². The predicted octanol–water partition coefficient (Wildman–Crippen LogP) is 2.09. The van der Waals surface area contributed by atoms with Crippen molar-refractivity contribution in [1.29, 1.82) is 0 Å². The Morgan fingerprint density at radius 3 is 2.19 bits per heavy atom. The third-order valence-corrected chi connectivity index (χ3v) is 3.11. The number of benzene rings is 2. The fraction of sp³-hybridized carbons (Fsp3) is 0. The fourth-order valence-electron chi connectivity index (χ4n) is 1.53. The number of fused-ring (bicyclic) bond motifs is 1. The second-order valence-corrected chi connectivity index (χ2v) is 4.56. The number of hydrogen-bond acceptors (Lipinski definition) is 3. The van der Waals surface area contributed by atoms with Crippen molar-refractivity contribution in [3.05, 3.63) is 36.4 Å². The molecule has 0 saturated heterocycles. The second kappa shape index (κ2) is 4.29. The summed E-state index contributed by atoms with van der Waals surface area (Å²) in [4.78, 5) is -0.118. The standard InChI is InChI=1S/C10H9NO3S.ClH/c11-9-5-1-4-8-7(9)3-2-6-10(8)15(12,13)14;/h1-6H,11H2,(H,12,13,14);1H. The minimum Gasteiger partial charge on any atom is -0.398 e. The van der Waals surface area contributed by atoms with E-state index in [1.807, 2.05) is 0 Å². The molecule has 0 bridgehead atoms. The molecule has 0 radical (unpaired) electrons. The lowest BCUT2D eigenvalue weighted by Crippen LogP contribution is -1.99. The second-order valence-electron chi connectivity index (χ2n) is 3.17. The zero-order valence-corrected chi connectivity index (χ0v) is 9.75. The van der Waals surface area contributed by atoms with Gasteiger partial charge in [0.1, 0.15) is 4.90 Å². The summed E-state index contributed by atoms with van der Waals surface area (Å²) in [5.41, 5.74) is 6.18. The topological polar surface area (TPSA) is 80.4 Å². The number of halogens is 1. The molecule has 2 rings (SSSR count). The molecular formula is C10H10ClNO3S. The van der Waals surface area contributed by atoms with Crippen molar-refractivity contribution < 1.29 is 13.0 Å². The lowest BCUT2D eigenvalue weighted by molar-refractivity contribution is 0.484. The van der Waals surface area contributed by atoms with E-state index in [0.717, 1.165) is 0 Å². The molecule has 0 amide bonds. The van der Waals surface area contributed by atoms with Crippen LogP contribution in [0.3, 0.4) is 0 Å². The molecule has 86 valence electrons. The molecule has 0 heterocycles. The first-order valence-electron chi connectivity index (χ1n) is 4.25. The lowest BCUT2D eigenvalue weighted by atomic mass is 10.1. The van der Waals surface area contributed by atoms with E-state index in [2.05, 4.69) is 0 Å². The predicted molar refractivity (Wildman–Crippen MR) is 65.4 cm³/mol. The van der Waals surface area contributed by atoms with Gasteiger partial charge in [0.15, 0.2) is 0 Å². The summed E-state index contributed by atoms with van der Waals surface area (Å²) in [5.74, 6) is 0. The van der Waals surface area contributed by atoms with Crippen LogP contribution in [0.15, 0.2) is 41.3 Å². The van der Waals surface area contributed by atoms with E-state index >= 15 is 0 Å². The van der Waals surface area contributed by atoms with Crippen LogP contribution in [0.2, 0.25) is 0 Å². The van der Waals surface area contributed by atoms with Crippen molar-refractivity contribution in [2.45, 2.75) is 4.90 Å². The molecule has 0 spiro atoms. The van der Waals surface area contributed by atoms with Gasteiger partial charge >= 0.3 is 0 Å². The van der Waals surface area contributed by atoms with Crippen LogP contribution >= 0.6 is 12.4 Å². The summed E-state index contributed by atoms with van der Waals surface area (Å²) in [5, 5.41) is 1.05. The molecule has 2 aromatic rings. The van der Waals surface area contributed by atoms with Gasteiger partial charge in [0.25, 0.3) is 10.1 Å². The maximum Gasteiger partial charge on any atom is 0.295 e. The minimum atomic E-state index is -4.20. The summed E-state index contributed by atoms with van der Waals surface area (Å²) >= 11 is 0. The maximum atomic E-state index is 11.1. The number of hydrogen-bond donors (Lipinski definition) is 2. The zero-order chi connectivity index (χ0) is 11.1. The van der Waals surface area contributed by atoms with E-state index in [-0.39, 0.29) is 17.3 Å². The van der Waals surface area contributed by atoms with Crippen molar-refractivity contribution in [3.8, 4) is 0 Å². The Bertz CT molecular complexity index is 625. The van der Waals surface area contributed by atoms with Gasteiger partial charge in [-0.25, -0.2) is 0 Å². The Hall–Kier alpha value is -1.30. The highest BCUT2D eigenvalue weighted by atomic mass is 35.5.